The van der Waals surface area contributed by atoms with Crippen molar-refractivity contribution in [2.24, 2.45) is 5.10 Å². The van der Waals surface area contributed by atoms with Gasteiger partial charge in [-0.3, -0.25) is 4.79 Å². The molecule has 3 nitrogen and oxygen atoms in total. The fourth-order valence-electron chi connectivity index (χ4n) is 1.59. The van der Waals surface area contributed by atoms with Gasteiger partial charge in [0.25, 0.3) is 5.91 Å². The van der Waals surface area contributed by atoms with E-state index in [0.29, 0.717) is 11.3 Å². The third kappa shape index (κ3) is 3.68. The Bertz CT molecular complexity index is 697. The Morgan fingerprint density at radius 2 is 1.57 bits per heavy atom. The van der Waals surface area contributed by atoms with E-state index in [1.807, 2.05) is 0 Å². The van der Waals surface area contributed by atoms with Crippen LogP contribution in [0.4, 0.5) is 13.2 Å². The maximum absolute atomic E-state index is 13.1. The molecule has 0 aliphatic heterocycles. The Kier molecular flexibility index (Phi) is 4.37. The van der Waals surface area contributed by atoms with Crippen molar-refractivity contribution in [1.82, 2.24) is 5.43 Å². The molecule has 0 heterocycles. The molecule has 0 aliphatic rings. The van der Waals surface area contributed by atoms with Gasteiger partial charge in [-0.05, 0) is 49.4 Å². The summed E-state index contributed by atoms with van der Waals surface area (Å²) in [6.07, 6.45) is 0. The highest BCUT2D eigenvalue weighted by Crippen LogP contribution is 2.09. The Morgan fingerprint density at radius 3 is 2.19 bits per heavy atom. The average molecular weight is 292 g/mol. The van der Waals surface area contributed by atoms with Crippen LogP contribution in [-0.2, 0) is 0 Å². The van der Waals surface area contributed by atoms with E-state index in [0.717, 1.165) is 24.3 Å². The van der Waals surface area contributed by atoms with Crippen LogP contribution in [0.2, 0.25) is 0 Å². The van der Waals surface area contributed by atoms with Crippen LogP contribution in [0.25, 0.3) is 0 Å². The quantitative estimate of drug-likeness (QED) is 0.684. The van der Waals surface area contributed by atoms with Crippen LogP contribution in [0.5, 0.6) is 0 Å². The molecule has 21 heavy (non-hydrogen) atoms. The minimum Gasteiger partial charge on any atom is -0.267 e. The maximum atomic E-state index is 13.1. The predicted octanol–water partition coefficient (Wildman–Crippen LogP) is 3.26. The molecule has 2 aromatic rings. The van der Waals surface area contributed by atoms with Gasteiger partial charge in [-0.2, -0.15) is 5.10 Å². The minimum atomic E-state index is -0.994. The lowest BCUT2D eigenvalue weighted by molar-refractivity contribution is 0.0955. The van der Waals surface area contributed by atoms with E-state index >= 15 is 0 Å². The fraction of sp³-hybridized carbons (Fsp3) is 0.0667. The lowest BCUT2D eigenvalue weighted by atomic mass is 10.1. The molecule has 1 amide bonds. The maximum Gasteiger partial charge on any atom is 0.271 e. The second-order valence-electron chi connectivity index (χ2n) is 4.27. The number of nitrogens with zero attached hydrogens (tertiary/aromatic N) is 1. The number of rotatable bonds is 3. The number of hydrazone groups is 1. The van der Waals surface area contributed by atoms with Crippen molar-refractivity contribution in [1.29, 1.82) is 0 Å². The molecular formula is C15H11F3N2O. The zero-order valence-corrected chi connectivity index (χ0v) is 11.0. The van der Waals surface area contributed by atoms with Crippen molar-refractivity contribution in [3.05, 3.63) is 71.0 Å². The molecule has 0 spiro atoms. The van der Waals surface area contributed by atoms with Gasteiger partial charge in [0, 0.05) is 11.1 Å². The summed E-state index contributed by atoms with van der Waals surface area (Å²) >= 11 is 0. The number of nitrogens with one attached hydrogen (secondary N) is 1. The van der Waals surface area contributed by atoms with Gasteiger partial charge >= 0.3 is 0 Å². The smallest absolute Gasteiger partial charge is 0.267 e. The van der Waals surface area contributed by atoms with Crippen LogP contribution < -0.4 is 5.43 Å². The number of benzene rings is 2. The molecule has 0 saturated heterocycles. The van der Waals surface area contributed by atoms with Crippen LogP contribution >= 0.6 is 0 Å². The van der Waals surface area contributed by atoms with Crippen LogP contribution in [-0.4, -0.2) is 11.6 Å². The molecule has 0 atom stereocenters. The summed E-state index contributed by atoms with van der Waals surface area (Å²) in [5.74, 6) is -2.93. The van der Waals surface area contributed by atoms with Gasteiger partial charge in [-0.15, -0.1) is 0 Å². The lowest BCUT2D eigenvalue weighted by Gasteiger charge is -2.03. The Balaban J connectivity index is 2.10. The number of hydrogen-bond donors (Lipinski definition) is 1. The third-order valence-corrected chi connectivity index (χ3v) is 2.77. The number of halogens is 3. The highest BCUT2D eigenvalue weighted by Gasteiger charge is 2.07. The molecule has 108 valence electrons. The van der Waals surface area contributed by atoms with Gasteiger partial charge in [-0.25, -0.2) is 18.6 Å². The van der Waals surface area contributed by atoms with Gasteiger partial charge in [0.2, 0.25) is 0 Å². The molecule has 0 fully saturated rings. The van der Waals surface area contributed by atoms with Gasteiger partial charge in [0.05, 0.1) is 5.71 Å². The monoisotopic (exact) mass is 292 g/mol. The molecule has 2 aromatic carbocycles. The Labute approximate surface area is 119 Å². The average Bonchev–Trinajstić information content (AvgIpc) is 2.48. The van der Waals surface area contributed by atoms with E-state index in [2.05, 4.69) is 10.5 Å². The molecule has 2 rings (SSSR count). The van der Waals surface area contributed by atoms with E-state index in [9.17, 15) is 18.0 Å². The second kappa shape index (κ2) is 6.21. The normalized spacial score (nSPS) is 11.3. The summed E-state index contributed by atoms with van der Waals surface area (Å²) in [5, 5.41) is 3.80. The van der Waals surface area contributed by atoms with E-state index in [-0.39, 0.29) is 5.56 Å². The molecule has 0 aromatic heterocycles. The van der Waals surface area contributed by atoms with Gasteiger partial charge < -0.3 is 0 Å². The molecule has 1 N–H and O–H groups in total. The number of carbonyl (C=O) groups excluding carboxylic acids is 1. The second-order valence-corrected chi connectivity index (χ2v) is 4.27. The number of amides is 1. The molecule has 6 heteroatoms. The van der Waals surface area contributed by atoms with Crippen molar-refractivity contribution in [2.75, 3.05) is 0 Å². The first kappa shape index (κ1) is 14.8. The molecule has 0 aliphatic carbocycles. The van der Waals surface area contributed by atoms with Crippen LogP contribution in [0.15, 0.2) is 47.6 Å². The topological polar surface area (TPSA) is 41.5 Å². The summed E-state index contributed by atoms with van der Waals surface area (Å²) in [5.41, 5.74) is 3.15. The number of carbonyl (C=O) groups is 1. The van der Waals surface area contributed by atoms with Crippen molar-refractivity contribution < 1.29 is 18.0 Å². The highest BCUT2D eigenvalue weighted by molar-refractivity contribution is 6.00. The van der Waals surface area contributed by atoms with Crippen molar-refractivity contribution in [3.8, 4) is 0 Å². The van der Waals surface area contributed by atoms with Gasteiger partial charge in [0.15, 0.2) is 11.6 Å². The van der Waals surface area contributed by atoms with E-state index in [1.54, 1.807) is 0 Å². The SMILES string of the molecule is C/C(=N/NC(=O)c1ccc(F)cc1)c1ccc(F)c(F)c1. The standard InChI is InChI=1S/C15H11F3N2O/c1-9(11-4-7-13(17)14(18)8-11)19-20-15(21)10-2-5-12(16)6-3-10/h2-8H,1H3,(H,20,21)/b19-9-. The van der Waals surface area contributed by atoms with Crippen LogP contribution in [0.1, 0.15) is 22.8 Å². The molecule has 0 bridgehead atoms. The summed E-state index contributed by atoms with van der Waals surface area (Å²) in [7, 11) is 0. The molecule has 0 saturated carbocycles. The largest absolute Gasteiger partial charge is 0.271 e. The van der Waals surface area contributed by atoms with Gasteiger partial charge in [0.1, 0.15) is 5.82 Å². The first-order chi connectivity index (χ1) is 9.97. The van der Waals surface area contributed by atoms with E-state index in [4.69, 9.17) is 0 Å². The predicted molar refractivity (Wildman–Crippen MR) is 72.4 cm³/mol. The Morgan fingerprint density at radius 1 is 0.952 bits per heavy atom. The number of hydrogen-bond acceptors (Lipinski definition) is 2. The summed E-state index contributed by atoms with van der Waals surface area (Å²) in [6, 6.07) is 8.24. The van der Waals surface area contributed by atoms with Crippen molar-refractivity contribution >= 4 is 11.6 Å². The first-order valence-corrected chi connectivity index (χ1v) is 6.03. The van der Waals surface area contributed by atoms with Gasteiger partial charge in [-0.1, -0.05) is 0 Å². The molecular weight excluding hydrogens is 281 g/mol. The van der Waals surface area contributed by atoms with Crippen LogP contribution in [0, 0.1) is 17.5 Å². The van der Waals surface area contributed by atoms with Crippen LogP contribution in [0.3, 0.4) is 0 Å². The van der Waals surface area contributed by atoms with Crippen molar-refractivity contribution in [2.45, 2.75) is 6.92 Å². The first-order valence-electron chi connectivity index (χ1n) is 6.03. The molecule has 0 unspecified atom stereocenters. The highest BCUT2D eigenvalue weighted by atomic mass is 19.2. The molecule has 0 radical (unpaired) electrons. The van der Waals surface area contributed by atoms with E-state index in [1.165, 1.54) is 25.1 Å². The third-order valence-electron chi connectivity index (χ3n) is 2.77. The zero-order valence-electron chi connectivity index (χ0n) is 11.0. The summed E-state index contributed by atoms with van der Waals surface area (Å²) in [6.45, 7) is 1.54. The summed E-state index contributed by atoms with van der Waals surface area (Å²) in [4.78, 5) is 11.7. The fourth-order valence-corrected chi connectivity index (χ4v) is 1.59. The Hall–Kier alpha value is -2.63. The zero-order chi connectivity index (χ0) is 15.4. The lowest BCUT2D eigenvalue weighted by Crippen LogP contribution is -2.19. The summed E-state index contributed by atoms with van der Waals surface area (Å²) < 4.78 is 38.6. The minimum absolute atomic E-state index is 0.234. The van der Waals surface area contributed by atoms with E-state index < -0.39 is 23.4 Å². The van der Waals surface area contributed by atoms with Crippen molar-refractivity contribution in [3.63, 3.8) is 0 Å².